The molecule has 6 heteroatoms. The summed E-state index contributed by atoms with van der Waals surface area (Å²) >= 11 is 0. The van der Waals surface area contributed by atoms with E-state index in [-0.39, 0.29) is 5.91 Å². The number of hydrazine groups is 1. The highest BCUT2D eigenvalue weighted by Gasteiger charge is 2.24. The summed E-state index contributed by atoms with van der Waals surface area (Å²) in [5.41, 5.74) is 6.33. The zero-order valence-corrected chi connectivity index (χ0v) is 9.90. The lowest BCUT2D eigenvalue weighted by Crippen LogP contribution is -2.20. The number of carbonyl (C=O) groups excluding carboxylic acids is 1. The van der Waals surface area contributed by atoms with E-state index in [1.165, 1.54) is 0 Å². The van der Waals surface area contributed by atoms with Gasteiger partial charge in [-0.05, 0) is 17.7 Å². The van der Waals surface area contributed by atoms with E-state index in [1.54, 1.807) is 18.1 Å². The first kappa shape index (κ1) is 10.8. The predicted octanol–water partition coefficient (Wildman–Crippen LogP) is 0.881. The van der Waals surface area contributed by atoms with Crippen molar-refractivity contribution in [1.82, 2.24) is 9.97 Å². The summed E-state index contributed by atoms with van der Waals surface area (Å²) in [6.45, 7) is 0. The SMILES string of the molecule is CN1C(=O)Cc2cc(-c3cnc(NN)[nH]3)ccc21. The monoisotopic (exact) mass is 243 g/mol. The van der Waals surface area contributed by atoms with Gasteiger partial charge in [0.25, 0.3) is 0 Å². The third kappa shape index (κ3) is 1.54. The summed E-state index contributed by atoms with van der Waals surface area (Å²) in [4.78, 5) is 20.4. The van der Waals surface area contributed by atoms with Crippen molar-refractivity contribution in [3.63, 3.8) is 0 Å². The Hall–Kier alpha value is -2.34. The highest BCUT2D eigenvalue weighted by atomic mass is 16.2. The molecular weight excluding hydrogens is 230 g/mol. The molecule has 0 aliphatic carbocycles. The van der Waals surface area contributed by atoms with Crippen LogP contribution in [0, 0.1) is 0 Å². The number of anilines is 2. The van der Waals surface area contributed by atoms with Crippen molar-refractivity contribution in [1.29, 1.82) is 0 Å². The Bertz CT molecular complexity index is 619. The fourth-order valence-corrected chi connectivity index (χ4v) is 2.18. The van der Waals surface area contributed by atoms with Crippen LogP contribution in [-0.2, 0) is 11.2 Å². The molecule has 0 unspecified atom stereocenters. The molecule has 4 N–H and O–H groups in total. The molecule has 0 radical (unpaired) electrons. The fourth-order valence-electron chi connectivity index (χ4n) is 2.18. The minimum atomic E-state index is 0.121. The van der Waals surface area contributed by atoms with Gasteiger partial charge >= 0.3 is 0 Å². The van der Waals surface area contributed by atoms with Gasteiger partial charge in [0.1, 0.15) is 0 Å². The zero-order valence-electron chi connectivity index (χ0n) is 9.90. The maximum absolute atomic E-state index is 11.6. The van der Waals surface area contributed by atoms with Crippen molar-refractivity contribution in [2.75, 3.05) is 17.4 Å². The number of hydrogen-bond acceptors (Lipinski definition) is 4. The normalized spacial score (nSPS) is 13.9. The summed E-state index contributed by atoms with van der Waals surface area (Å²) in [6.07, 6.45) is 2.16. The lowest BCUT2D eigenvalue weighted by atomic mass is 10.1. The van der Waals surface area contributed by atoms with E-state index in [0.717, 1.165) is 22.5 Å². The number of fused-ring (bicyclic) bond motifs is 1. The number of benzene rings is 1. The van der Waals surface area contributed by atoms with E-state index < -0.39 is 0 Å². The number of hydrogen-bond donors (Lipinski definition) is 3. The Morgan fingerprint density at radius 1 is 1.50 bits per heavy atom. The molecule has 1 aliphatic heterocycles. The molecule has 0 spiro atoms. The number of nitrogens with one attached hydrogen (secondary N) is 2. The number of nitrogens with two attached hydrogens (primary N) is 1. The number of carbonyl (C=O) groups is 1. The van der Waals surface area contributed by atoms with Gasteiger partial charge in [0, 0.05) is 18.3 Å². The number of aromatic nitrogens is 2. The minimum absolute atomic E-state index is 0.121. The smallest absolute Gasteiger partial charge is 0.231 e. The summed E-state index contributed by atoms with van der Waals surface area (Å²) in [7, 11) is 1.79. The average molecular weight is 243 g/mol. The quantitative estimate of drug-likeness (QED) is 0.540. The number of aromatic amines is 1. The molecular formula is C12H13N5O. The van der Waals surface area contributed by atoms with Gasteiger partial charge in [-0.2, -0.15) is 0 Å². The first-order chi connectivity index (χ1) is 8.69. The van der Waals surface area contributed by atoms with Crippen molar-refractivity contribution in [2.24, 2.45) is 5.84 Å². The van der Waals surface area contributed by atoms with Gasteiger partial charge in [-0.15, -0.1) is 0 Å². The number of rotatable bonds is 2. The first-order valence-corrected chi connectivity index (χ1v) is 5.60. The molecule has 0 saturated heterocycles. The van der Waals surface area contributed by atoms with Crippen molar-refractivity contribution < 1.29 is 4.79 Å². The van der Waals surface area contributed by atoms with Crippen LogP contribution in [0.25, 0.3) is 11.3 Å². The maximum Gasteiger partial charge on any atom is 0.231 e. The number of amides is 1. The number of nitrogens with zero attached hydrogens (tertiary/aromatic N) is 2. The average Bonchev–Trinajstić information content (AvgIpc) is 2.95. The molecule has 1 amide bonds. The van der Waals surface area contributed by atoms with Crippen LogP contribution in [0.15, 0.2) is 24.4 Å². The second-order valence-corrected chi connectivity index (χ2v) is 4.26. The van der Waals surface area contributed by atoms with Crippen LogP contribution in [0.1, 0.15) is 5.56 Å². The Labute approximate surface area is 104 Å². The third-order valence-electron chi connectivity index (χ3n) is 3.18. The van der Waals surface area contributed by atoms with Crippen molar-refractivity contribution in [3.05, 3.63) is 30.0 Å². The van der Waals surface area contributed by atoms with Crippen LogP contribution in [0.3, 0.4) is 0 Å². The Kier molecular flexibility index (Phi) is 2.31. The fraction of sp³-hybridized carbons (Fsp3) is 0.167. The maximum atomic E-state index is 11.6. The van der Waals surface area contributed by atoms with E-state index in [9.17, 15) is 4.79 Å². The lowest BCUT2D eigenvalue weighted by molar-refractivity contribution is -0.117. The minimum Gasteiger partial charge on any atom is -0.323 e. The molecule has 2 aromatic rings. The highest BCUT2D eigenvalue weighted by Crippen LogP contribution is 2.31. The highest BCUT2D eigenvalue weighted by molar-refractivity contribution is 6.01. The van der Waals surface area contributed by atoms with Crippen molar-refractivity contribution >= 4 is 17.5 Å². The largest absolute Gasteiger partial charge is 0.323 e. The lowest BCUT2D eigenvalue weighted by Gasteiger charge is -2.10. The van der Waals surface area contributed by atoms with Gasteiger partial charge in [-0.3, -0.25) is 10.2 Å². The summed E-state index contributed by atoms with van der Waals surface area (Å²) in [5, 5.41) is 0. The molecule has 3 rings (SSSR count). The molecule has 18 heavy (non-hydrogen) atoms. The van der Waals surface area contributed by atoms with Gasteiger partial charge in [-0.25, -0.2) is 10.8 Å². The van der Waals surface area contributed by atoms with Crippen LogP contribution in [0.4, 0.5) is 11.6 Å². The molecule has 2 heterocycles. The van der Waals surface area contributed by atoms with E-state index in [0.29, 0.717) is 12.4 Å². The molecule has 6 nitrogen and oxygen atoms in total. The van der Waals surface area contributed by atoms with E-state index in [4.69, 9.17) is 5.84 Å². The first-order valence-electron chi connectivity index (χ1n) is 5.60. The molecule has 1 aliphatic rings. The molecule has 1 aromatic heterocycles. The van der Waals surface area contributed by atoms with Crippen molar-refractivity contribution in [2.45, 2.75) is 6.42 Å². The molecule has 92 valence electrons. The number of imidazole rings is 1. The molecule has 1 aromatic carbocycles. The molecule has 0 bridgehead atoms. The zero-order chi connectivity index (χ0) is 12.7. The van der Waals surface area contributed by atoms with E-state index >= 15 is 0 Å². The summed E-state index contributed by atoms with van der Waals surface area (Å²) < 4.78 is 0. The van der Waals surface area contributed by atoms with Crippen LogP contribution < -0.4 is 16.2 Å². The Morgan fingerprint density at radius 3 is 3.06 bits per heavy atom. The van der Waals surface area contributed by atoms with E-state index in [1.807, 2.05) is 18.2 Å². The Morgan fingerprint density at radius 2 is 2.33 bits per heavy atom. The van der Waals surface area contributed by atoms with Gasteiger partial charge in [-0.1, -0.05) is 6.07 Å². The number of nitrogen functional groups attached to an aromatic ring is 1. The van der Waals surface area contributed by atoms with Gasteiger partial charge in [0.15, 0.2) is 0 Å². The Balaban J connectivity index is 2.01. The molecule has 0 fully saturated rings. The third-order valence-corrected chi connectivity index (χ3v) is 3.18. The second kappa shape index (κ2) is 3.85. The van der Waals surface area contributed by atoms with Crippen LogP contribution in [0.2, 0.25) is 0 Å². The van der Waals surface area contributed by atoms with E-state index in [2.05, 4.69) is 15.4 Å². The second-order valence-electron chi connectivity index (χ2n) is 4.26. The number of likely N-dealkylation sites (N-methyl/N-ethyl adjacent to an activating group) is 1. The summed E-state index contributed by atoms with van der Waals surface area (Å²) in [5.74, 6) is 5.91. The van der Waals surface area contributed by atoms with Gasteiger partial charge in [0.2, 0.25) is 11.9 Å². The molecule has 0 saturated carbocycles. The molecule has 0 atom stereocenters. The van der Waals surface area contributed by atoms with Crippen LogP contribution in [-0.4, -0.2) is 22.9 Å². The van der Waals surface area contributed by atoms with Crippen LogP contribution in [0.5, 0.6) is 0 Å². The van der Waals surface area contributed by atoms with Gasteiger partial charge < -0.3 is 9.88 Å². The number of H-pyrrole nitrogens is 1. The topological polar surface area (TPSA) is 87.0 Å². The van der Waals surface area contributed by atoms with Crippen LogP contribution >= 0.6 is 0 Å². The standard InChI is InChI=1S/C12H13N5O/c1-17-10-3-2-7(4-8(10)5-11(17)18)9-6-14-12(15-9)16-13/h2-4,6H,5,13H2,1H3,(H2,14,15,16). The predicted molar refractivity (Wildman–Crippen MR) is 68.9 cm³/mol. The van der Waals surface area contributed by atoms with Crippen molar-refractivity contribution in [3.8, 4) is 11.3 Å². The van der Waals surface area contributed by atoms with Gasteiger partial charge in [0.05, 0.1) is 18.3 Å². The summed E-state index contributed by atoms with van der Waals surface area (Å²) in [6, 6.07) is 5.91.